The van der Waals surface area contributed by atoms with Crippen molar-refractivity contribution in [3.63, 3.8) is 0 Å². The molecule has 0 spiro atoms. The van der Waals surface area contributed by atoms with Gasteiger partial charge in [-0.3, -0.25) is 9.89 Å². The first-order valence-electron chi connectivity index (χ1n) is 10.4. The van der Waals surface area contributed by atoms with Gasteiger partial charge in [-0.15, -0.1) is 24.0 Å². The average Bonchev–Trinajstić information content (AvgIpc) is 2.69. The number of nitrogens with zero attached hydrogens (tertiary/aromatic N) is 2. The quantitative estimate of drug-likeness (QED) is 0.254. The van der Waals surface area contributed by atoms with Crippen molar-refractivity contribution in [3.05, 3.63) is 29.8 Å². The minimum Gasteiger partial charge on any atom is -0.435 e. The molecular formula is C21H35F2IN4O2. The van der Waals surface area contributed by atoms with Gasteiger partial charge in [-0.05, 0) is 56.8 Å². The topological polar surface area (TPSA) is 69.1 Å². The number of likely N-dealkylation sites (tertiary alicyclic amines) is 1. The van der Waals surface area contributed by atoms with E-state index in [9.17, 15) is 13.9 Å². The van der Waals surface area contributed by atoms with E-state index in [2.05, 4.69) is 39.1 Å². The molecule has 30 heavy (non-hydrogen) atoms. The zero-order valence-corrected chi connectivity index (χ0v) is 20.3. The van der Waals surface area contributed by atoms with Gasteiger partial charge in [-0.2, -0.15) is 8.78 Å². The van der Waals surface area contributed by atoms with Crippen molar-refractivity contribution in [2.45, 2.75) is 52.4 Å². The first-order chi connectivity index (χ1) is 13.9. The van der Waals surface area contributed by atoms with E-state index in [1.165, 1.54) is 25.0 Å². The molecule has 6 nitrogen and oxygen atoms in total. The Kier molecular flexibility index (Phi) is 12.5. The summed E-state index contributed by atoms with van der Waals surface area (Å²) >= 11 is 0. The van der Waals surface area contributed by atoms with E-state index < -0.39 is 12.7 Å². The highest BCUT2D eigenvalue weighted by Gasteiger charge is 2.20. The van der Waals surface area contributed by atoms with Crippen LogP contribution >= 0.6 is 24.0 Å². The normalized spacial score (nSPS) is 19.7. The summed E-state index contributed by atoms with van der Waals surface area (Å²) in [7, 11) is 0. The van der Waals surface area contributed by atoms with Crippen molar-refractivity contribution >= 4 is 29.9 Å². The Morgan fingerprint density at radius 2 is 2.00 bits per heavy atom. The van der Waals surface area contributed by atoms with Crippen LogP contribution < -0.4 is 15.4 Å². The molecule has 1 aliphatic heterocycles. The number of hydrogen-bond donors (Lipinski definition) is 3. The maximum Gasteiger partial charge on any atom is 0.387 e. The van der Waals surface area contributed by atoms with E-state index >= 15 is 0 Å². The lowest BCUT2D eigenvalue weighted by Gasteiger charge is -2.35. The fourth-order valence-corrected chi connectivity index (χ4v) is 3.49. The molecule has 0 amide bonds. The van der Waals surface area contributed by atoms with Crippen LogP contribution in [0.15, 0.2) is 29.3 Å². The van der Waals surface area contributed by atoms with Crippen molar-refractivity contribution in [1.82, 2.24) is 15.5 Å². The number of piperidine rings is 1. The molecule has 0 bridgehead atoms. The molecule has 1 aromatic rings. The van der Waals surface area contributed by atoms with Gasteiger partial charge >= 0.3 is 6.61 Å². The molecule has 9 heteroatoms. The van der Waals surface area contributed by atoms with E-state index in [0.29, 0.717) is 24.1 Å². The van der Waals surface area contributed by atoms with Crippen molar-refractivity contribution in [1.29, 1.82) is 0 Å². The first-order valence-corrected chi connectivity index (χ1v) is 10.4. The van der Waals surface area contributed by atoms with Gasteiger partial charge in [0, 0.05) is 25.7 Å². The van der Waals surface area contributed by atoms with Crippen LogP contribution in [0.4, 0.5) is 8.78 Å². The Morgan fingerprint density at radius 3 is 2.60 bits per heavy atom. The summed E-state index contributed by atoms with van der Waals surface area (Å²) in [5, 5.41) is 16.7. The SMILES string of the molecule is CCNC(=NCC(C)N1CCCC(C)C1)NCC(O)c1ccc(OC(F)F)cc1.I. The Hall–Kier alpha value is -1.20. The Labute approximate surface area is 195 Å². The number of alkyl halides is 2. The fourth-order valence-electron chi connectivity index (χ4n) is 3.49. The summed E-state index contributed by atoms with van der Waals surface area (Å²) in [6.45, 7) is 7.52. The number of rotatable bonds is 9. The van der Waals surface area contributed by atoms with Crippen LogP contribution in [0.1, 0.15) is 45.3 Å². The molecule has 3 unspecified atom stereocenters. The number of halogens is 3. The van der Waals surface area contributed by atoms with E-state index in [1.807, 2.05) is 6.92 Å². The Bertz CT molecular complexity index is 634. The summed E-state index contributed by atoms with van der Waals surface area (Å²) in [5.41, 5.74) is 0.616. The number of aliphatic hydroxyl groups excluding tert-OH is 1. The summed E-state index contributed by atoms with van der Waals surface area (Å²) in [4.78, 5) is 7.15. The van der Waals surface area contributed by atoms with Gasteiger partial charge in [0.05, 0.1) is 12.6 Å². The number of benzene rings is 1. The lowest BCUT2D eigenvalue weighted by Crippen LogP contribution is -2.44. The van der Waals surface area contributed by atoms with Crippen LogP contribution in [0.5, 0.6) is 5.75 Å². The zero-order valence-electron chi connectivity index (χ0n) is 18.0. The van der Waals surface area contributed by atoms with Gasteiger partial charge in [0.15, 0.2) is 5.96 Å². The smallest absolute Gasteiger partial charge is 0.387 e. The zero-order chi connectivity index (χ0) is 21.2. The molecule has 0 aliphatic carbocycles. The van der Waals surface area contributed by atoms with Gasteiger partial charge in [0.2, 0.25) is 0 Å². The molecule has 1 heterocycles. The van der Waals surface area contributed by atoms with Gasteiger partial charge < -0.3 is 20.5 Å². The highest BCUT2D eigenvalue weighted by molar-refractivity contribution is 14.0. The highest BCUT2D eigenvalue weighted by atomic mass is 127. The highest BCUT2D eigenvalue weighted by Crippen LogP contribution is 2.19. The van der Waals surface area contributed by atoms with E-state index in [0.717, 1.165) is 25.6 Å². The number of ether oxygens (including phenoxy) is 1. The molecule has 1 aromatic carbocycles. The second-order valence-corrected chi connectivity index (χ2v) is 7.66. The third-order valence-electron chi connectivity index (χ3n) is 5.12. The number of nitrogens with one attached hydrogen (secondary N) is 2. The average molecular weight is 540 g/mol. The monoisotopic (exact) mass is 540 g/mol. The van der Waals surface area contributed by atoms with Gasteiger partial charge in [-0.1, -0.05) is 19.1 Å². The lowest BCUT2D eigenvalue weighted by molar-refractivity contribution is -0.0498. The number of aliphatic imine (C=N–C) groups is 1. The molecule has 3 N–H and O–H groups in total. The van der Waals surface area contributed by atoms with Crippen molar-refractivity contribution in [2.75, 3.05) is 32.7 Å². The molecule has 1 fully saturated rings. The number of hydrogen-bond acceptors (Lipinski definition) is 4. The standard InChI is InChI=1S/C21H34F2N4O2.HI/c1-4-24-21(25-12-16(3)27-11-5-6-15(2)14-27)26-13-19(28)17-7-9-18(10-8-17)29-20(22)23;/h7-10,15-16,19-20,28H,4-6,11-14H2,1-3H3,(H2,24,25,26);1H. The van der Waals surface area contributed by atoms with Crippen LogP contribution in [-0.2, 0) is 0 Å². The minimum absolute atomic E-state index is 0. The van der Waals surface area contributed by atoms with Gasteiger partial charge in [-0.25, -0.2) is 0 Å². The molecule has 0 radical (unpaired) electrons. The summed E-state index contributed by atoms with van der Waals surface area (Å²) in [5.74, 6) is 1.45. The molecule has 2 rings (SSSR count). The van der Waals surface area contributed by atoms with Crippen molar-refractivity contribution in [3.8, 4) is 5.75 Å². The van der Waals surface area contributed by atoms with Crippen molar-refractivity contribution < 1.29 is 18.6 Å². The molecule has 1 saturated heterocycles. The second-order valence-electron chi connectivity index (χ2n) is 7.66. The van der Waals surface area contributed by atoms with Crippen LogP contribution in [0.2, 0.25) is 0 Å². The van der Waals surface area contributed by atoms with E-state index in [4.69, 9.17) is 0 Å². The predicted octanol–water partition coefficient (Wildman–Crippen LogP) is 3.61. The predicted molar refractivity (Wildman–Crippen MR) is 127 cm³/mol. The largest absolute Gasteiger partial charge is 0.435 e. The van der Waals surface area contributed by atoms with Crippen molar-refractivity contribution in [2.24, 2.45) is 10.9 Å². The Balaban J connectivity index is 0.00000450. The maximum absolute atomic E-state index is 12.2. The molecule has 0 saturated carbocycles. The number of guanidine groups is 1. The summed E-state index contributed by atoms with van der Waals surface area (Å²) in [6, 6.07) is 6.36. The fraction of sp³-hybridized carbons (Fsp3) is 0.667. The molecule has 3 atom stereocenters. The van der Waals surface area contributed by atoms with Crippen LogP contribution in [0.3, 0.4) is 0 Å². The molecule has 1 aliphatic rings. The first kappa shape index (κ1) is 26.8. The number of aliphatic hydroxyl groups is 1. The molecule has 0 aromatic heterocycles. The van der Waals surface area contributed by atoms with Gasteiger partial charge in [0.1, 0.15) is 5.75 Å². The third-order valence-corrected chi connectivity index (χ3v) is 5.12. The van der Waals surface area contributed by atoms with Crippen LogP contribution in [0.25, 0.3) is 0 Å². The lowest BCUT2D eigenvalue weighted by atomic mass is 9.99. The van der Waals surface area contributed by atoms with E-state index in [1.54, 1.807) is 12.1 Å². The minimum atomic E-state index is -2.86. The van der Waals surface area contributed by atoms with Gasteiger partial charge in [0.25, 0.3) is 0 Å². The molecule has 172 valence electrons. The molecular weight excluding hydrogens is 505 g/mol. The summed E-state index contributed by atoms with van der Waals surface area (Å²) < 4.78 is 28.8. The van der Waals surface area contributed by atoms with E-state index in [-0.39, 0.29) is 36.3 Å². The van der Waals surface area contributed by atoms with Crippen LogP contribution in [0, 0.1) is 5.92 Å². The third kappa shape index (κ3) is 9.30. The maximum atomic E-state index is 12.2. The Morgan fingerprint density at radius 1 is 1.30 bits per heavy atom. The summed E-state index contributed by atoms with van der Waals surface area (Å²) in [6.07, 6.45) is 1.74. The van der Waals surface area contributed by atoms with Crippen LogP contribution in [-0.4, -0.2) is 61.3 Å². The second kappa shape index (κ2) is 14.0.